The highest BCUT2D eigenvalue weighted by Gasteiger charge is 2.27. The molecule has 1 aromatic heterocycles. The zero-order chi connectivity index (χ0) is 23.5. The Kier molecular flexibility index (Phi) is 6.32. The summed E-state index contributed by atoms with van der Waals surface area (Å²) in [5.41, 5.74) is 3.29. The highest BCUT2D eigenvalue weighted by atomic mass is 32.2. The second kappa shape index (κ2) is 9.54. The van der Waals surface area contributed by atoms with Gasteiger partial charge in [-0.2, -0.15) is 4.31 Å². The SMILES string of the molecule is O=C(Nc1cc(S(=O)(=O)N2CCCCC2)ccc1Oc1ccccc1)c1ccc2ncsc2c1. The zero-order valence-electron chi connectivity index (χ0n) is 18.3. The van der Waals surface area contributed by atoms with Crippen LogP contribution in [0, 0.1) is 0 Å². The molecule has 0 atom stereocenters. The third-order valence-electron chi connectivity index (χ3n) is 5.72. The molecule has 0 spiro atoms. The average molecular weight is 494 g/mol. The largest absolute Gasteiger partial charge is 0.455 e. The van der Waals surface area contributed by atoms with Crippen molar-refractivity contribution in [1.29, 1.82) is 0 Å². The molecule has 0 radical (unpaired) electrons. The van der Waals surface area contributed by atoms with Gasteiger partial charge in [0.2, 0.25) is 10.0 Å². The van der Waals surface area contributed by atoms with Gasteiger partial charge < -0.3 is 10.1 Å². The Bertz CT molecular complexity index is 1430. The normalized spacial score (nSPS) is 14.7. The number of thiazole rings is 1. The van der Waals surface area contributed by atoms with Gasteiger partial charge in [-0.15, -0.1) is 11.3 Å². The number of amides is 1. The molecule has 0 bridgehead atoms. The lowest BCUT2D eigenvalue weighted by atomic mass is 10.2. The van der Waals surface area contributed by atoms with Crippen LogP contribution in [0.5, 0.6) is 11.5 Å². The summed E-state index contributed by atoms with van der Waals surface area (Å²) in [6.45, 7) is 1.00. The lowest BCUT2D eigenvalue weighted by Gasteiger charge is -2.26. The van der Waals surface area contributed by atoms with Crippen LogP contribution in [0.3, 0.4) is 0 Å². The molecule has 0 unspecified atom stereocenters. The summed E-state index contributed by atoms with van der Waals surface area (Å²) in [5, 5.41) is 2.86. The number of nitrogens with zero attached hydrogens (tertiary/aromatic N) is 2. The quantitative estimate of drug-likeness (QED) is 0.382. The van der Waals surface area contributed by atoms with Crippen LogP contribution in [-0.2, 0) is 10.0 Å². The third kappa shape index (κ3) is 4.68. The number of hydrogen-bond donors (Lipinski definition) is 1. The van der Waals surface area contributed by atoms with E-state index in [4.69, 9.17) is 4.74 Å². The van der Waals surface area contributed by atoms with Crippen LogP contribution in [0.25, 0.3) is 10.2 Å². The number of para-hydroxylation sites is 1. The minimum Gasteiger partial charge on any atom is -0.455 e. The molecular weight excluding hydrogens is 470 g/mol. The maximum Gasteiger partial charge on any atom is 0.255 e. The number of carbonyl (C=O) groups is 1. The predicted molar refractivity (Wildman–Crippen MR) is 133 cm³/mol. The number of rotatable bonds is 6. The van der Waals surface area contributed by atoms with Crippen molar-refractivity contribution in [2.75, 3.05) is 18.4 Å². The van der Waals surface area contributed by atoms with E-state index < -0.39 is 10.0 Å². The van der Waals surface area contributed by atoms with Crippen molar-refractivity contribution in [3.05, 3.63) is 77.8 Å². The fraction of sp³-hybridized carbons (Fsp3) is 0.200. The maximum absolute atomic E-state index is 13.2. The number of ether oxygens (including phenoxy) is 1. The number of carbonyl (C=O) groups excluding carboxylic acids is 1. The minimum absolute atomic E-state index is 0.128. The Morgan fingerprint density at radius 2 is 1.76 bits per heavy atom. The van der Waals surface area contributed by atoms with E-state index in [1.54, 1.807) is 41.9 Å². The summed E-state index contributed by atoms with van der Waals surface area (Å²) in [7, 11) is -3.68. The number of fused-ring (bicyclic) bond motifs is 1. The van der Waals surface area contributed by atoms with Crippen molar-refractivity contribution in [1.82, 2.24) is 9.29 Å². The molecule has 7 nitrogen and oxygen atoms in total. The smallest absolute Gasteiger partial charge is 0.255 e. The van der Waals surface area contributed by atoms with E-state index in [1.165, 1.54) is 27.8 Å². The summed E-state index contributed by atoms with van der Waals surface area (Å²) >= 11 is 1.45. The molecule has 4 aromatic rings. The van der Waals surface area contributed by atoms with Gasteiger partial charge in [0, 0.05) is 18.7 Å². The van der Waals surface area contributed by atoms with E-state index in [1.807, 2.05) is 18.2 Å². The second-order valence-electron chi connectivity index (χ2n) is 8.03. The van der Waals surface area contributed by atoms with Gasteiger partial charge in [0.25, 0.3) is 5.91 Å². The van der Waals surface area contributed by atoms with Crippen molar-refractivity contribution >= 4 is 43.2 Å². The topological polar surface area (TPSA) is 88.6 Å². The van der Waals surface area contributed by atoms with Gasteiger partial charge in [0.1, 0.15) is 5.75 Å². The molecule has 1 fully saturated rings. The van der Waals surface area contributed by atoms with Crippen LogP contribution in [0.4, 0.5) is 5.69 Å². The van der Waals surface area contributed by atoms with Crippen LogP contribution in [0.1, 0.15) is 29.6 Å². The Hall–Kier alpha value is -3.27. The van der Waals surface area contributed by atoms with Gasteiger partial charge in [-0.3, -0.25) is 4.79 Å². The molecule has 0 saturated carbocycles. The van der Waals surface area contributed by atoms with E-state index >= 15 is 0 Å². The van der Waals surface area contributed by atoms with Crippen molar-refractivity contribution < 1.29 is 17.9 Å². The van der Waals surface area contributed by atoms with E-state index in [0.717, 1.165) is 29.5 Å². The number of piperidine rings is 1. The Labute approximate surface area is 202 Å². The summed E-state index contributed by atoms with van der Waals surface area (Å²) in [4.78, 5) is 17.5. The van der Waals surface area contributed by atoms with E-state index in [9.17, 15) is 13.2 Å². The first-order chi connectivity index (χ1) is 16.5. The molecule has 9 heteroatoms. The van der Waals surface area contributed by atoms with Gasteiger partial charge >= 0.3 is 0 Å². The summed E-state index contributed by atoms with van der Waals surface area (Å²) in [5.74, 6) is 0.576. The molecule has 2 heterocycles. The summed E-state index contributed by atoms with van der Waals surface area (Å²) in [6, 6.07) is 19.0. The predicted octanol–water partition coefficient (Wildman–Crippen LogP) is 5.52. The van der Waals surface area contributed by atoms with E-state index in [-0.39, 0.29) is 16.5 Å². The molecule has 1 N–H and O–H groups in total. The first kappa shape index (κ1) is 22.5. The molecular formula is C25H23N3O4S2. The van der Waals surface area contributed by atoms with Gasteiger partial charge in [-0.1, -0.05) is 24.6 Å². The lowest BCUT2D eigenvalue weighted by Crippen LogP contribution is -2.35. The van der Waals surface area contributed by atoms with Gasteiger partial charge in [0.15, 0.2) is 5.75 Å². The van der Waals surface area contributed by atoms with E-state index in [2.05, 4.69) is 10.3 Å². The monoisotopic (exact) mass is 493 g/mol. The second-order valence-corrected chi connectivity index (χ2v) is 10.9. The molecule has 0 aliphatic carbocycles. The highest BCUT2D eigenvalue weighted by molar-refractivity contribution is 7.89. The molecule has 5 rings (SSSR count). The lowest BCUT2D eigenvalue weighted by molar-refractivity contribution is 0.102. The third-order valence-corrected chi connectivity index (χ3v) is 8.40. The average Bonchev–Trinajstić information content (AvgIpc) is 3.34. The fourth-order valence-corrected chi connectivity index (χ4v) is 6.18. The highest BCUT2D eigenvalue weighted by Crippen LogP contribution is 2.34. The van der Waals surface area contributed by atoms with Gasteiger partial charge in [-0.05, 0) is 61.4 Å². The molecule has 1 amide bonds. The minimum atomic E-state index is -3.68. The van der Waals surface area contributed by atoms with Crippen molar-refractivity contribution in [2.24, 2.45) is 0 Å². The standard InChI is InChI=1S/C25H23N3O4S2/c29-25(18-9-11-21-24(15-18)33-17-26-21)27-22-16-20(34(30,31)28-13-5-2-6-14-28)10-12-23(22)32-19-7-3-1-4-8-19/h1,3-4,7-12,15-17H,2,5-6,13-14H2,(H,27,29). The number of hydrogen-bond acceptors (Lipinski definition) is 6. The molecule has 1 aliphatic heterocycles. The first-order valence-electron chi connectivity index (χ1n) is 11.0. The number of anilines is 1. The number of aromatic nitrogens is 1. The number of sulfonamides is 1. The van der Waals surface area contributed by atoms with Crippen LogP contribution >= 0.6 is 11.3 Å². The molecule has 34 heavy (non-hydrogen) atoms. The molecule has 1 aliphatic rings. The summed E-state index contributed by atoms with van der Waals surface area (Å²) < 4.78 is 34.9. The van der Waals surface area contributed by atoms with Crippen molar-refractivity contribution in [3.8, 4) is 11.5 Å². The Morgan fingerprint density at radius 3 is 2.56 bits per heavy atom. The molecule has 3 aromatic carbocycles. The van der Waals surface area contributed by atoms with E-state index in [0.29, 0.717) is 30.2 Å². The Balaban J connectivity index is 1.49. The number of nitrogens with one attached hydrogen (secondary N) is 1. The zero-order valence-corrected chi connectivity index (χ0v) is 19.9. The Morgan fingerprint density at radius 1 is 0.971 bits per heavy atom. The van der Waals surface area contributed by atoms with Crippen LogP contribution in [0.15, 0.2) is 77.1 Å². The fourth-order valence-electron chi connectivity index (χ4n) is 3.92. The van der Waals surface area contributed by atoms with Crippen molar-refractivity contribution in [2.45, 2.75) is 24.2 Å². The molecule has 174 valence electrons. The van der Waals surface area contributed by atoms with Crippen LogP contribution < -0.4 is 10.1 Å². The van der Waals surface area contributed by atoms with Gasteiger partial charge in [-0.25, -0.2) is 13.4 Å². The first-order valence-corrected chi connectivity index (χ1v) is 13.3. The number of benzene rings is 3. The molecule has 1 saturated heterocycles. The van der Waals surface area contributed by atoms with Crippen molar-refractivity contribution in [3.63, 3.8) is 0 Å². The van der Waals surface area contributed by atoms with Gasteiger partial charge in [0.05, 0.1) is 26.3 Å². The van der Waals surface area contributed by atoms with Crippen LogP contribution in [0.2, 0.25) is 0 Å². The summed E-state index contributed by atoms with van der Waals surface area (Å²) in [6.07, 6.45) is 2.72. The maximum atomic E-state index is 13.2. The van der Waals surface area contributed by atoms with Crippen LogP contribution in [-0.4, -0.2) is 36.7 Å².